The van der Waals surface area contributed by atoms with Gasteiger partial charge in [0.1, 0.15) is 12.4 Å². The summed E-state index contributed by atoms with van der Waals surface area (Å²) in [5.74, 6) is 1.54. The third kappa shape index (κ3) is 4.22. The Hall–Kier alpha value is -1.06. The Balaban J connectivity index is 1.79. The standard InChI is InChI=1S/C16H26N2O/c1-13(2)15-5-3-4-6-16(15)19-12-11-18-9-7-14(17)8-10-18/h3-6,13-14H,7-12,17H2,1-2H3. The molecule has 0 amide bonds. The van der Waals surface area contributed by atoms with Gasteiger partial charge in [0.15, 0.2) is 0 Å². The molecule has 2 rings (SSSR count). The predicted octanol–water partition coefficient (Wildman–Crippen LogP) is 2.61. The van der Waals surface area contributed by atoms with E-state index in [-0.39, 0.29) is 0 Å². The number of nitrogens with two attached hydrogens (primary N) is 1. The molecule has 0 bridgehead atoms. The largest absolute Gasteiger partial charge is 0.492 e. The van der Waals surface area contributed by atoms with Crippen molar-refractivity contribution in [2.24, 2.45) is 5.73 Å². The summed E-state index contributed by atoms with van der Waals surface area (Å²) in [4.78, 5) is 2.45. The molecule has 3 heteroatoms. The van der Waals surface area contributed by atoms with E-state index in [4.69, 9.17) is 10.5 Å². The summed E-state index contributed by atoms with van der Waals surface area (Å²) in [7, 11) is 0. The van der Waals surface area contributed by atoms with Crippen LogP contribution in [0, 0.1) is 0 Å². The van der Waals surface area contributed by atoms with Gasteiger partial charge in [-0.3, -0.25) is 4.90 Å². The van der Waals surface area contributed by atoms with Gasteiger partial charge in [-0.25, -0.2) is 0 Å². The van der Waals surface area contributed by atoms with Crippen LogP contribution in [0.15, 0.2) is 24.3 Å². The molecule has 1 aliphatic heterocycles. The first-order chi connectivity index (χ1) is 9.16. The van der Waals surface area contributed by atoms with Gasteiger partial charge >= 0.3 is 0 Å². The Morgan fingerprint density at radius 3 is 2.63 bits per heavy atom. The second-order valence-corrected chi connectivity index (χ2v) is 5.72. The maximum atomic E-state index is 5.96. The van der Waals surface area contributed by atoms with Crippen LogP contribution in [0.2, 0.25) is 0 Å². The third-order valence-corrected chi connectivity index (χ3v) is 3.84. The molecule has 1 aromatic rings. The molecule has 1 heterocycles. The summed E-state index contributed by atoms with van der Waals surface area (Å²) in [6.45, 7) is 8.38. The van der Waals surface area contributed by atoms with Gasteiger partial charge in [0.05, 0.1) is 0 Å². The smallest absolute Gasteiger partial charge is 0.122 e. The van der Waals surface area contributed by atoms with Crippen molar-refractivity contribution in [2.75, 3.05) is 26.2 Å². The van der Waals surface area contributed by atoms with Gasteiger partial charge < -0.3 is 10.5 Å². The summed E-state index contributed by atoms with van der Waals surface area (Å²) in [5, 5.41) is 0. The molecule has 106 valence electrons. The minimum atomic E-state index is 0.402. The molecule has 0 spiro atoms. The lowest BCUT2D eigenvalue weighted by atomic mass is 10.0. The highest BCUT2D eigenvalue weighted by atomic mass is 16.5. The molecule has 2 N–H and O–H groups in total. The first-order valence-corrected chi connectivity index (χ1v) is 7.36. The minimum absolute atomic E-state index is 0.402. The van der Waals surface area contributed by atoms with E-state index in [9.17, 15) is 0 Å². The molecule has 0 saturated carbocycles. The maximum Gasteiger partial charge on any atom is 0.122 e. The summed E-state index contributed by atoms with van der Waals surface area (Å²) < 4.78 is 5.96. The van der Waals surface area contributed by atoms with Crippen LogP contribution >= 0.6 is 0 Å². The van der Waals surface area contributed by atoms with Crippen molar-refractivity contribution in [3.63, 3.8) is 0 Å². The number of para-hydroxylation sites is 1. The number of benzene rings is 1. The zero-order chi connectivity index (χ0) is 13.7. The minimum Gasteiger partial charge on any atom is -0.492 e. The summed E-state index contributed by atoms with van der Waals surface area (Å²) in [6, 6.07) is 8.75. The average molecular weight is 262 g/mol. The monoisotopic (exact) mass is 262 g/mol. The molecular formula is C16H26N2O. The molecule has 0 unspecified atom stereocenters. The average Bonchev–Trinajstić information content (AvgIpc) is 2.41. The van der Waals surface area contributed by atoms with E-state index in [0.29, 0.717) is 12.0 Å². The number of ether oxygens (including phenoxy) is 1. The zero-order valence-corrected chi connectivity index (χ0v) is 12.1. The van der Waals surface area contributed by atoms with Crippen LogP contribution in [0.5, 0.6) is 5.75 Å². The van der Waals surface area contributed by atoms with Crippen molar-refractivity contribution in [2.45, 2.75) is 38.6 Å². The molecule has 1 fully saturated rings. The number of piperidine rings is 1. The number of nitrogens with zero attached hydrogens (tertiary/aromatic N) is 1. The van der Waals surface area contributed by atoms with Gasteiger partial charge in [-0.1, -0.05) is 32.0 Å². The molecular weight excluding hydrogens is 236 g/mol. The Bertz CT molecular complexity index is 384. The molecule has 0 aliphatic carbocycles. The molecule has 1 aliphatic rings. The number of hydrogen-bond donors (Lipinski definition) is 1. The first kappa shape index (κ1) is 14.4. The fourth-order valence-electron chi connectivity index (χ4n) is 2.55. The van der Waals surface area contributed by atoms with Crippen molar-refractivity contribution in [3.05, 3.63) is 29.8 Å². The van der Waals surface area contributed by atoms with Crippen LogP contribution < -0.4 is 10.5 Å². The number of hydrogen-bond acceptors (Lipinski definition) is 3. The highest BCUT2D eigenvalue weighted by molar-refractivity contribution is 5.35. The van der Waals surface area contributed by atoms with Gasteiger partial charge in [0.2, 0.25) is 0 Å². The van der Waals surface area contributed by atoms with E-state index in [1.165, 1.54) is 5.56 Å². The first-order valence-electron chi connectivity index (χ1n) is 7.36. The Morgan fingerprint density at radius 2 is 1.95 bits per heavy atom. The second kappa shape index (κ2) is 6.92. The Kier molecular flexibility index (Phi) is 5.23. The Labute approximate surface area is 116 Å². The SMILES string of the molecule is CC(C)c1ccccc1OCCN1CCC(N)CC1. The normalized spacial score (nSPS) is 17.9. The summed E-state index contributed by atoms with van der Waals surface area (Å²) in [5.41, 5.74) is 7.21. The van der Waals surface area contributed by atoms with E-state index < -0.39 is 0 Å². The van der Waals surface area contributed by atoms with E-state index in [0.717, 1.165) is 44.8 Å². The lowest BCUT2D eigenvalue weighted by molar-refractivity contribution is 0.173. The lowest BCUT2D eigenvalue weighted by Gasteiger charge is -2.30. The molecule has 1 aromatic carbocycles. The Morgan fingerprint density at radius 1 is 1.26 bits per heavy atom. The summed E-state index contributed by atoms with van der Waals surface area (Å²) >= 11 is 0. The van der Waals surface area contributed by atoms with Crippen LogP contribution in [0.25, 0.3) is 0 Å². The van der Waals surface area contributed by atoms with Crippen LogP contribution in [-0.4, -0.2) is 37.2 Å². The molecule has 0 atom stereocenters. The van der Waals surface area contributed by atoms with Crippen LogP contribution in [0.4, 0.5) is 0 Å². The van der Waals surface area contributed by atoms with Crippen LogP contribution in [-0.2, 0) is 0 Å². The molecule has 19 heavy (non-hydrogen) atoms. The molecule has 3 nitrogen and oxygen atoms in total. The zero-order valence-electron chi connectivity index (χ0n) is 12.1. The fourth-order valence-corrected chi connectivity index (χ4v) is 2.55. The van der Waals surface area contributed by atoms with Crippen LogP contribution in [0.3, 0.4) is 0 Å². The van der Waals surface area contributed by atoms with Gasteiger partial charge in [-0.2, -0.15) is 0 Å². The van der Waals surface area contributed by atoms with Crippen molar-refractivity contribution in [1.29, 1.82) is 0 Å². The van der Waals surface area contributed by atoms with Gasteiger partial charge in [0, 0.05) is 12.6 Å². The number of rotatable bonds is 5. The highest BCUT2D eigenvalue weighted by Gasteiger charge is 2.15. The van der Waals surface area contributed by atoms with Crippen molar-refractivity contribution < 1.29 is 4.74 Å². The van der Waals surface area contributed by atoms with Gasteiger partial charge in [-0.15, -0.1) is 0 Å². The maximum absolute atomic E-state index is 5.96. The van der Waals surface area contributed by atoms with Gasteiger partial charge in [-0.05, 0) is 43.5 Å². The van der Waals surface area contributed by atoms with Gasteiger partial charge in [0.25, 0.3) is 0 Å². The summed E-state index contributed by atoms with van der Waals surface area (Å²) in [6.07, 6.45) is 2.23. The second-order valence-electron chi connectivity index (χ2n) is 5.72. The van der Waals surface area contributed by atoms with Crippen molar-refractivity contribution in [3.8, 4) is 5.75 Å². The molecule has 0 radical (unpaired) electrons. The predicted molar refractivity (Wildman–Crippen MR) is 79.7 cm³/mol. The third-order valence-electron chi connectivity index (χ3n) is 3.84. The molecule has 1 saturated heterocycles. The van der Waals surface area contributed by atoms with Crippen molar-refractivity contribution in [1.82, 2.24) is 4.90 Å². The van der Waals surface area contributed by atoms with E-state index >= 15 is 0 Å². The van der Waals surface area contributed by atoms with E-state index in [1.807, 2.05) is 6.07 Å². The fraction of sp³-hybridized carbons (Fsp3) is 0.625. The molecule has 0 aromatic heterocycles. The van der Waals surface area contributed by atoms with Crippen LogP contribution in [0.1, 0.15) is 38.2 Å². The quantitative estimate of drug-likeness (QED) is 0.886. The topological polar surface area (TPSA) is 38.5 Å². The highest BCUT2D eigenvalue weighted by Crippen LogP contribution is 2.25. The number of likely N-dealkylation sites (tertiary alicyclic amines) is 1. The van der Waals surface area contributed by atoms with E-state index in [1.54, 1.807) is 0 Å². The van der Waals surface area contributed by atoms with E-state index in [2.05, 4.69) is 36.9 Å². The van der Waals surface area contributed by atoms with Crippen molar-refractivity contribution >= 4 is 0 Å². The lowest BCUT2D eigenvalue weighted by Crippen LogP contribution is -2.41.